The number of hydrogen-bond donors (Lipinski definition) is 0. The summed E-state index contributed by atoms with van der Waals surface area (Å²) in [6.07, 6.45) is 9.96. The molecule has 1 fully saturated rings. The van der Waals surface area contributed by atoms with Crippen LogP contribution in [0.1, 0.15) is 31.4 Å². The highest BCUT2D eigenvalue weighted by atomic mass is 32.2. The Balaban J connectivity index is 1.02. The second-order valence-corrected chi connectivity index (χ2v) is 15.1. The highest BCUT2D eigenvalue weighted by molar-refractivity contribution is 8.01. The second-order valence-electron chi connectivity index (χ2n) is 12.1. The summed E-state index contributed by atoms with van der Waals surface area (Å²) in [7, 11) is -3.79. The summed E-state index contributed by atoms with van der Waals surface area (Å²) in [6, 6.07) is 14.9. The van der Waals surface area contributed by atoms with Crippen molar-refractivity contribution in [3.8, 4) is 0 Å². The maximum atomic E-state index is 12.9. The molecule has 0 bridgehead atoms. The molecule has 256 valence electrons. The lowest BCUT2D eigenvalue weighted by atomic mass is 9.96. The van der Waals surface area contributed by atoms with Crippen LogP contribution in [0.15, 0.2) is 88.7 Å². The molecule has 0 aromatic heterocycles. The zero-order valence-electron chi connectivity index (χ0n) is 27.7. The van der Waals surface area contributed by atoms with Crippen LogP contribution in [0.3, 0.4) is 0 Å². The van der Waals surface area contributed by atoms with Crippen molar-refractivity contribution in [3.05, 3.63) is 90.0 Å². The maximum Gasteiger partial charge on any atom is 0.297 e. The van der Waals surface area contributed by atoms with Crippen molar-refractivity contribution in [1.29, 1.82) is 0 Å². The Morgan fingerprint density at radius 2 is 1.53 bits per heavy atom. The molecule has 2 atom stereocenters. The number of allylic oxidation sites excluding steroid dienone is 1. The van der Waals surface area contributed by atoms with Gasteiger partial charge < -0.3 is 23.8 Å². The van der Waals surface area contributed by atoms with E-state index in [1.54, 1.807) is 17.0 Å². The minimum absolute atomic E-state index is 0.0335. The molecule has 2 aliphatic rings. The molecule has 0 radical (unpaired) electrons. The lowest BCUT2D eigenvalue weighted by Crippen LogP contribution is -2.35. The Kier molecular flexibility index (Phi) is 13.9. The van der Waals surface area contributed by atoms with E-state index in [0.29, 0.717) is 51.5 Å². The minimum Gasteiger partial charge on any atom is -0.377 e. The standard InChI is InChI=1S/C36H47NO8S2/c1-29(2)26-37(17-7-9-31-8-5-6-10-33(31)46-36-16-15-35(36,4)28-36)34(38)27-44-23-22-42-19-18-41-20-21-43-24-25-45-47(39,40)32-13-11-30(3)12-14-32/h5-16H,1,17-28H2,2-4H3/b9-7+. The second kappa shape index (κ2) is 17.6. The van der Waals surface area contributed by atoms with Crippen LogP contribution in [0, 0.1) is 12.3 Å². The van der Waals surface area contributed by atoms with Crippen molar-refractivity contribution in [2.45, 2.75) is 41.7 Å². The Bertz CT molecular complexity index is 1510. The third-order valence-electron chi connectivity index (χ3n) is 7.96. The summed E-state index contributed by atoms with van der Waals surface area (Å²) in [4.78, 5) is 16.0. The van der Waals surface area contributed by atoms with E-state index in [9.17, 15) is 13.2 Å². The quantitative estimate of drug-likeness (QED) is 0.0829. The Morgan fingerprint density at radius 1 is 0.915 bits per heavy atom. The van der Waals surface area contributed by atoms with E-state index in [2.05, 4.69) is 49.9 Å². The fourth-order valence-electron chi connectivity index (χ4n) is 5.04. The molecule has 2 unspecified atom stereocenters. The number of aryl methyl sites for hydroxylation is 1. The fourth-order valence-corrected chi connectivity index (χ4v) is 7.54. The number of nitrogens with zero attached hydrogens (tertiary/aromatic N) is 1. The molecule has 4 rings (SSSR count). The maximum absolute atomic E-state index is 12.9. The van der Waals surface area contributed by atoms with Gasteiger partial charge in [0, 0.05) is 28.1 Å². The molecule has 11 heteroatoms. The zero-order chi connectivity index (χ0) is 33.8. The van der Waals surface area contributed by atoms with Crippen molar-refractivity contribution < 1.29 is 36.3 Å². The van der Waals surface area contributed by atoms with Gasteiger partial charge in [-0.05, 0) is 44.0 Å². The summed E-state index contributed by atoms with van der Waals surface area (Å²) in [6.45, 7) is 13.1. The van der Waals surface area contributed by atoms with Crippen molar-refractivity contribution >= 4 is 33.9 Å². The van der Waals surface area contributed by atoms with E-state index >= 15 is 0 Å². The number of carbonyl (C=O) groups is 1. The molecule has 47 heavy (non-hydrogen) atoms. The van der Waals surface area contributed by atoms with Gasteiger partial charge in [-0.2, -0.15) is 8.42 Å². The molecule has 1 amide bonds. The first-order valence-corrected chi connectivity index (χ1v) is 18.1. The average molecular weight is 686 g/mol. The predicted octanol–water partition coefficient (Wildman–Crippen LogP) is 5.70. The number of benzene rings is 2. The number of ether oxygens (including phenoxy) is 4. The van der Waals surface area contributed by atoms with Gasteiger partial charge in [-0.25, -0.2) is 0 Å². The molecule has 0 N–H and O–H groups in total. The molecular weight excluding hydrogens is 639 g/mol. The molecule has 0 saturated heterocycles. The Labute approximate surface area is 284 Å². The summed E-state index contributed by atoms with van der Waals surface area (Å²) in [5, 5.41) is 0. The molecule has 9 nitrogen and oxygen atoms in total. The first-order chi connectivity index (χ1) is 22.5. The van der Waals surface area contributed by atoms with Crippen LogP contribution >= 0.6 is 11.8 Å². The van der Waals surface area contributed by atoms with Crippen LogP contribution in [-0.2, 0) is 38.0 Å². The smallest absolute Gasteiger partial charge is 0.297 e. The van der Waals surface area contributed by atoms with Gasteiger partial charge in [0.1, 0.15) is 6.61 Å². The normalized spacial score (nSPS) is 19.8. The summed E-state index contributed by atoms with van der Waals surface area (Å²) in [5.74, 6) is -0.103. The Morgan fingerprint density at radius 3 is 2.11 bits per heavy atom. The monoisotopic (exact) mass is 685 g/mol. The number of fused-ring (bicyclic) bond motifs is 1. The Hall–Kier alpha value is -2.77. The van der Waals surface area contributed by atoms with Crippen LogP contribution in [0.2, 0.25) is 0 Å². The largest absolute Gasteiger partial charge is 0.377 e. The van der Waals surface area contributed by atoms with Crippen molar-refractivity contribution in [1.82, 2.24) is 4.90 Å². The molecule has 2 aromatic carbocycles. The lowest BCUT2D eigenvalue weighted by molar-refractivity contribution is -0.135. The van der Waals surface area contributed by atoms with E-state index in [4.69, 9.17) is 23.1 Å². The zero-order valence-corrected chi connectivity index (χ0v) is 29.3. The third-order valence-corrected chi connectivity index (χ3v) is 11.0. The third kappa shape index (κ3) is 11.1. The molecule has 1 saturated carbocycles. The highest BCUT2D eigenvalue weighted by Crippen LogP contribution is 2.73. The molecule has 2 aromatic rings. The highest BCUT2D eigenvalue weighted by Gasteiger charge is 2.67. The van der Waals surface area contributed by atoms with Crippen LogP contribution in [0.4, 0.5) is 0 Å². The number of rotatable bonds is 23. The van der Waals surface area contributed by atoms with Gasteiger partial charge in [0.05, 0.1) is 57.8 Å². The van der Waals surface area contributed by atoms with Gasteiger partial charge >= 0.3 is 0 Å². The number of thioether (sulfide) groups is 1. The molecule has 2 aliphatic carbocycles. The first-order valence-electron chi connectivity index (χ1n) is 15.9. The van der Waals surface area contributed by atoms with Crippen LogP contribution in [0.5, 0.6) is 0 Å². The van der Waals surface area contributed by atoms with Crippen molar-refractivity contribution in [3.63, 3.8) is 0 Å². The molecule has 0 aliphatic heterocycles. The van der Waals surface area contributed by atoms with Gasteiger partial charge in [0.15, 0.2) is 0 Å². The summed E-state index contributed by atoms with van der Waals surface area (Å²) >= 11 is 1.94. The average Bonchev–Trinajstić information content (AvgIpc) is 3.45. The van der Waals surface area contributed by atoms with Crippen molar-refractivity contribution in [2.75, 3.05) is 72.6 Å². The van der Waals surface area contributed by atoms with E-state index < -0.39 is 10.1 Å². The van der Waals surface area contributed by atoms with Gasteiger partial charge in [-0.1, -0.05) is 79.3 Å². The topological polar surface area (TPSA) is 101 Å². The molecule has 0 heterocycles. The van der Waals surface area contributed by atoms with E-state index in [1.807, 2.05) is 37.8 Å². The van der Waals surface area contributed by atoms with Gasteiger partial charge in [-0.15, -0.1) is 11.8 Å². The van der Waals surface area contributed by atoms with Crippen molar-refractivity contribution in [2.24, 2.45) is 5.41 Å². The molecule has 0 spiro atoms. The van der Waals surface area contributed by atoms with Gasteiger partial charge in [0.2, 0.25) is 5.91 Å². The lowest BCUT2D eigenvalue weighted by Gasteiger charge is -2.25. The van der Waals surface area contributed by atoms with E-state index in [1.165, 1.54) is 23.4 Å². The van der Waals surface area contributed by atoms with E-state index in [0.717, 1.165) is 16.7 Å². The van der Waals surface area contributed by atoms with Crippen LogP contribution in [-0.4, -0.2) is 96.5 Å². The fraction of sp³-hybridized carbons (Fsp3) is 0.472. The van der Waals surface area contributed by atoms with Gasteiger partial charge in [0.25, 0.3) is 10.1 Å². The summed E-state index contributed by atoms with van der Waals surface area (Å²) < 4.78 is 51.4. The van der Waals surface area contributed by atoms with Crippen LogP contribution in [0.25, 0.3) is 6.08 Å². The number of amides is 1. The summed E-state index contributed by atoms with van der Waals surface area (Å²) in [5.41, 5.74) is 3.37. The number of hydrogen-bond acceptors (Lipinski definition) is 9. The van der Waals surface area contributed by atoms with Crippen LogP contribution < -0.4 is 0 Å². The number of carbonyl (C=O) groups excluding carboxylic acids is 1. The van der Waals surface area contributed by atoms with E-state index in [-0.39, 0.29) is 42.0 Å². The minimum atomic E-state index is -3.79. The molecular formula is C36H47NO8S2. The first kappa shape index (κ1) is 37.1. The van der Waals surface area contributed by atoms with Gasteiger partial charge in [-0.3, -0.25) is 8.98 Å². The SMILES string of the molecule is C=C(C)CN(C/C=C/c1ccccc1SC12C=CC1(C)C2)C(=O)COCCOCCOCCOCCOS(=O)(=O)c1ccc(C)cc1. The predicted molar refractivity (Wildman–Crippen MR) is 185 cm³/mol.